The zero-order valence-electron chi connectivity index (χ0n) is 20.8. The number of anilines is 2. The van der Waals surface area contributed by atoms with E-state index in [1.807, 2.05) is 36.4 Å². The number of nitrogens with zero attached hydrogens (tertiary/aromatic N) is 1. The Morgan fingerprint density at radius 2 is 1.31 bits per heavy atom. The van der Waals surface area contributed by atoms with Gasteiger partial charge in [-0.1, -0.05) is 12.1 Å². The number of hydrogen-bond donors (Lipinski definition) is 1. The van der Waals surface area contributed by atoms with E-state index in [1.165, 1.54) is 0 Å². The van der Waals surface area contributed by atoms with Crippen LogP contribution >= 0.6 is 0 Å². The van der Waals surface area contributed by atoms with Gasteiger partial charge in [-0.3, -0.25) is 9.59 Å². The summed E-state index contributed by atoms with van der Waals surface area (Å²) < 4.78 is 21.3. The second kappa shape index (κ2) is 11.0. The number of ether oxygens (including phenoxy) is 4. The molecule has 3 aromatic carbocycles. The summed E-state index contributed by atoms with van der Waals surface area (Å²) in [5, 5.41) is 3.01. The highest BCUT2D eigenvalue weighted by Crippen LogP contribution is 2.41. The Kier molecular flexibility index (Phi) is 7.63. The van der Waals surface area contributed by atoms with Crippen molar-refractivity contribution in [3.63, 3.8) is 0 Å². The third-order valence-corrected chi connectivity index (χ3v) is 6.36. The van der Waals surface area contributed by atoms with Crippen LogP contribution in [0.15, 0.2) is 66.7 Å². The number of hydrogen-bond acceptors (Lipinski definition) is 6. The van der Waals surface area contributed by atoms with E-state index < -0.39 is 12.0 Å². The Balaban J connectivity index is 1.72. The number of nitrogens with one attached hydrogen (secondary N) is 1. The molecule has 2 atom stereocenters. The van der Waals surface area contributed by atoms with Crippen LogP contribution in [0.4, 0.5) is 11.4 Å². The molecule has 2 amide bonds. The summed E-state index contributed by atoms with van der Waals surface area (Å²) in [5.74, 6) is 1.76. The fourth-order valence-electron chi connectivity index (χ4n) is 4.51. The van der Waals surface area contributed by atoms with Crippen LogP contribution < -0.4 is 29.2 Å². The predicted octanol–water partition coefficient (Wildman–Crippen LogP) is 4.84. The lowest BCUT2D eigenvalue weighted by atomic mass is 9.83. The van der Waals surface area contributed by atoms with Gasteiger partial charge in [-0.25, -0.2) is 0 Å². The predicted molar refractivity (Wildman–Crippen MR) is 137 cm³/mol. The molecular formula is C28H30N2O6. The Hall–Kier alpha value is -4.20. The average molecular weight is 491 g/mol. The highest BCUT2D eigenvalue weighted by Gasteiger charge is 2.41. The summed E-state index contributed by atoms with van der Waals surface area (Å²) in [6.07, 6.45) is 0.660. The van der Waals surface area contributed by atoms with Crippen LogP contribution in [0, 0.1) is 5.92 Å². The van der Waals surface area contributed by atoms with Gasteiger partial charge in [0.2, 0.25) is 11.8 Å². The van der Waals surface area contributed by atoms with Crippen molar-refractivity contribution >= 4 is 23.2 Å². The van der Waals surface area contributed by atoms with Gasteiger partial charge in [-0.2, -0.15) is 0 Å². The second-order valence-electron chi connectivity index (χ2n) is 8.42. The maximum Gasteiger partial charge on any atom is 0.229 e. The molecule has 0 aromatic heterocycles. The Morgan fingerprint density at radius 1 is 0.778 bits per heavy atom. The van der Waals surface area contributed by atoms with Gasteiger partial charge in [0.1, 0.15) is 23.0 Å². The van der Waals surface area contributed by atoms with E-state index in [0.717, 1.165) is 5.56 Å². The lowest BCUT2D eigenvalue weighted by Gasteiger charge is -2.41. The minimum atomic E-state index is -0.516. The van der Waals surface area contributed by atoms with Gasteiger partial charge in [-0.05, 0) is 48.4 Å². The highest BCUT2D eigenvalue weighted by molar-refractivity contribution is 6.00. The number of rotatable bonds is 8. The highest BCUT2D eigenvalue weighted by atomic mass is 16.5. The molecule has 36 heavy (non-hydrogen) atoms. The first kappa shape index (κ1) is 24.9. The van der Waals surface area contributed by atoms with E-state index in [1.54, 1.807) is 63.7 Å². The molecule has 1 aliphatic rings. The molecular weight excluding hydrogens is 460 g/mol. The number of carbonyl (C=O) groups is 2. The first-order valence-electron chi connectivity index (χ1n) is 11.6. The number of carbonyl (C=O) groups excluding carboxylic acids is 2. The molecule has 8 heteroatoms. The van der Waals surface area contributed by atoms with E-state index in [0.29, 0.717) is 40.8 Å². The fraction of sp³-hybridized carbons (Fsp3) is 0.286. The number of benzene rings is 3. The fourth-order valence-corrected chi connectivity index (χ4v) is 4.51. The van der Waals surface area contributed by atoms with Crippen LogP contribution in [0.25, 0.3) is 0 Å². The lowest BCUT2D eigenvalue weighted by Crippen LogP contribution is -2.46. The average Bonchev–Trinajstić information content (AvgIpc) is 2.92. The first-order chi connectivity index (χ1) is 17.5. The number of methoxy groups -OCH3 is 4. The van der Waals surface area contributed by atoms with Crippen molar-refractivity contribution in [1.82, 2.24) is 0 Å². The van der Waals surface area contributed by atoms with Crippen LogP contribution in [0.1, 0.15) is 24.4 Å². The molecule has 8 nitrogen and oxygen atoms in total. The lowest BCUT2D eigenvalue weighted by molar-refractivity contribution is -0.125. The van der Waals surface area contributed by atoms with Crippen LogP contribution in [0.2, 0.25) is 0 Å². The second-order valence-corrected chi connectivity index (χ2v) is 8.42. The molecule has 1 saturated heterocycles. The largest absolute Gasteiger partial charge is 0.497 e. The standard InChI is InChI=1S/C28H30N2O6/c1-33-21-9-5-18(6-10-21)27-25(28(32)29-19-15-23(35-3)17-24(16-19)36-4)13-14-26(31)30(27)20-7-11-22(34-2)12-8-20/h5-12,15-17,25,27H,13-14H2,1-4H3,(H,29,32). The zero-order valence-corrected chi connectivity index (χ0v) is 20.8. The monoisotopic (exact) mass is 490 g/mol. The van der Waals surface area contributed by atoms with Crippen molar-refractivity contribution in [3.8, 4) is 23.0 Å². The molecule has 1 fully saturated rings. The number of piperidine rings is 1. The molecule has 1 N–H and O–H groups in total. The van der Waals surface area contributed by atoms with Crippen molar-refractivity contribution in [2.45, 2.75) is 18.9 Å². The van der Waals surface area contributed by atoms with Crippen LogP contribution in [0.5, 0.6) is 23.0 Å². The van der Waals surface area contributed by atoms with Crippen molar-refractivity contribution in [1.29, 1.82) is 0 Å². The summed E-state index contributed by atoms with van der Waals surface area (Å²) in [6, 6.07) is 19.4. The van der Waals surface area contributed by atoms with E-state index >= 15 is 0 Å². The minimum absolute atomic E-state index is 0.0481. The quantitative estimate of drug-likeness (QED) is 0.486. The van der Waals surface area contributed by atoms with E-state index in [9.17, 15) is 9.59 Å². The molecule has 0 saturated carbocycles. The van der Waals surface area contributed by atoms with Crippen LogP contribution in [0.3, 0.4) is 0 Å². The van der Waals surface area contributed by atoms with Crippen molar-refractivity contribution in [3.05, 3.63) is 72.3 Å². The number of amides is 2. The van der Waals surface area contributed by atoms with Crippen LogP contribution in [-0.4, -0.2) is 40.3 Å². The summed E-state index contributed by atoms with van der Waals surface area (Å²) >= 11 is 0. The third kappa shape index (κ3) is 5.22. The van der Waals surface area contributed by atoms with Gasteiger partial charge in [-0.15, -0.1) is 0 Å². The summed E-state index contributed by atoms with van der Waals surface area (Å²) in [6.45, 7) is 0. The van der Waals surface area contributed by atoms with Gasteiger partial charge in [0.25, 0.3) is 0 Å². The van der Waals surface area contributed by atoms with E-state index in [4.69, 9.17) is 18.9 Å². The van der Waals surface area contributed by atoms with Crippen molar-refractivity contribution in [2.24, 2.45) is 5.92 Å². The SMILES string of the molecule is COc1ccc(C2C(C(=O)Nc3cc(OC)cc(OC)c3)CCC(=O)N2c2ccc(OC)cc2)cc1. The molecule has 3 aromatic rings. The molecule has 2 unspecified atom stereocenters. The summed E-state index contributed by atoms with van der Waals surface area (Å²) in [7, 11) is 6.30. The maximum absolute atomic E-state index is 13.7. The van der Waals surface area contributed by atoms with Gasteiger partial charge in [0.15, 0.2) is 0 Å². The van der Waals surface area contributed by atoms with Crippen LogP contribution in [-0.2, 0) is 9.59 Å². The molecule has 1 aliphatic heterocycles. The third-order valence-electron chi connectivity index (χ3n) is 6.36. The first-order valence-corrected chi connectivity index (χ1v) is 11.6. The van der Waals surface area contributed by atoms with Crippen molar-refractivity contribution < 1.29 is 28.5 Å². The molecule has 1 heterocycles. The van der Waals surface area contributed by atoms with Gasteiger partial charge < -0.3 is 29.2 Å². The van der Waals surface area contributed by atoms with E-state index in [-0.39, 0.29) is 18.2 Å². The molecule has 0 bridgehead atoms. The summed E-state index contributed by atoms with van der Waals surface area (Å²) in [5.41, 5.74) is 2.09. The molecule has 0 aliphatic carbocycles. The zero-order chi connectivity index (χ0) is 25.7. The summed E-state index contributed by atoms with van der Waals surface area (Å²) in [4.78, 5) is 28.6. The molecule has 0 spiro atoms. The Bertz CT molecular complexity index is 1190. The molecule has 0 radical (unpaired) electrons. The van der Waals surface area contributed by atoms with Gasteiger partial charge >= 0.3 is 0 Å². The topological polar surface area (TPSA) is 86.3 Å². The molecule has 188 valence electrons. The van der Waals surface area contributed by atoms with Gasteiger partial charge in [0, 0.05) is 36.0 Å². The maximum atomic E-state index is 13.7. The minimum Gasteiger partial charge on any atom is -0.497 e. The Morgan fingerprint density at radius 3 is 1.83 bits per heavy atom. The smallest absolute Gasteiger partial charge is 0.229 e. The normalized spacial score (nSPS) is 17.3. The van der Waals surface area contributed by atoms with Gasteiger partial charge in [0.05, 0.1) is 40.4 Å². The van der Waals surface area contributed by atoms with Crippen molar-refractivity contribution in [2.75, 3.05) is 38.7 Å². The van der Waals surface area contributed by atoms with E-state index in [2.05, 4.69) is 5.32 Å². The molecule has 4 rings (SSSR count). The Labute approximate surface area is 210 Å².